The topological polar surface area (TPSA) is 76.5 Å². The summed E-state index contributed by atoms with van der Waals surface area (Å²) in [6, 6.07) is 5.63. The Morgan fingerprint density at radius 3 is 2.92 bits per heavy atom. The lowest BCUT2D eigenvalue weighted by molar-refractivity contribution is 0.0509. The molecule has 0 radical (unpaired) electrons. The van der Waals surface area contributed by atoms with E-state index < -0.39 is 0 Å². The second-order valence-electron chi connectivity index (χ2n) is 6.85. The molecule has 7 nitrogen and oxygen atoms in total. The van der Waals surface area contributed by atoms with E-state index in [2.05, 4.69) is 22.0 Å². The minimum absolute atomic E-state index is 0.0753. The van der Waals surface area contributed by atoms with E-state index in [1.165, 1.54) is 0 Å². The number of rotatable bonds is 2. The molecule has 0 aromatic carbocycles. The van der Waals surface area contributed by atoms with Gasteiger partial charge in [-0.1, -0.05) is 6.92 Å². The molecule has 1 fully saturated rings. The molecule has 130 valence electrons. The first-order valence-electron chi connectivity index (χ1n) is 8.58. The van der Waals surface area contributed by atoms with Crippen molar-refractivity contribution in [2.24, 2.45) is 5.92 Å². The van der Waals surface area contributed by atoms with Gasteiger partial charge in [0.2, 0.25) is 5.82 Å². The first-order valence-corrected chi connectivity index (χ1v) is 8.58. The van der Waals surface area contributed by atoms with Gasteiger partial charge in [-0.2, -0.15) is 4.98 Å². The number of aryl methyl sites for hydroxylation is 2. The van der Waals surface area contributed by atoms with Crippen LogP contribution in [0.15, 0.2) is 28.9 Å². The van der Waals surface area contributed by atoms with Gasteiger partial charge in [-0.05, 0) is 50.8 Å². The monoisotopic (exact) mass is 339 g/mol. The highest BCUT2D eigenvalue weighted by Gasteiger charge is 2.35. The Balaban J connectivity index is 1.70. The predicted octanol–water partition coefficient (Wildman–Crippen LogP) is 2.95. The summed E-state index contributed by atoms with van der Waals surface area (Å²) in [6.07, 6.45) is 3.49. The number of likely N-dealkylation sites (tertiary alicyclic amines) is 1. The van der Waals surface area contributed by atoms with Crippen molar-refractivity contribution in [2.45, 2.75) is 39.7 Å². The summed E-state index contributed by atoms with van der Waals surface area (Å²) >= 11 is 0. The lowest BCUT2D eigenvalue weighted by atomic mass is 9.91. The minimum atomic E-state index is -0.171. The maximum atomic E-state index is 13.1. The summed E-state index contributed by atoms with van der Waals surface area (Å²) in [5.74, 6) is 1.83. The van der Waals surface area contributed by atoms with Gasteiger partial charge in [-0.25, -0.2) is 9.50 Å². The number of carbonyl (C=O) groups is 1. The molecule has 0 aliphatic carbocycles. The molecule has 0 spiro atoms. The van der Waals surface area contributed by atoms with Gasteiger partial charge in [-0.3, -0.25) is 4.79 Å². The van der Waals surface area contributed by atoms with Gasteiger partial charge in [0.15, 0.2) is 0 Å². The summed E-state index contributed by atoms with van der Waals surface area (Å²) in [7, 11) is 0. The second-order valence-corrected chi connectivity index (χ2v) is 6.85. The maximum Gasteiger partial charge on any atom is 0.294 e. The van der Waals surface area contributed by atoms with Crippen LogP contribution in [0.2, 0.25) is 0 Å². The number of hydrogen-bond acceptors (Lipinski definition) is 5. The molecule has 7 heteroatoms. The highest BCUT2D eigenvalue weighted by Crippen LogP contribution is 2.35. The summed E-state index contributed by atoms with van der Waals surface area (Å²) in [5.41, 5.74) is 1.76. The van der Waals surface area contributed by atoms with Crippen molar-refractivity contribution >= 4 is 11.7 Å². The molecule has 1 amide bonds. The van der Waals surface area contributed by atoms with Crippen molar-refractivity contribution in [1.82, 2.24) is 24.5 Å². The molecule has 3 aromatic heterocycles. The Hall–Kier alpha value is -2.70. The molecule has 3 aromatic rings. The van der Waals surface area contributed by atoms with Gasteiger partial charge in [0.25, 0.3) is 11.7 Å². The fourth-order valence-electron chi connectivity index (χ4n) is 3.52. The quantitative estimate of drug-likeness (QED) is 0.717. The van der Waals surface area contributed by atoms with Crippen molar-refractivity contribution < 1.29 is 9.21 Å². The van der Waals surface area contributed by atoms with Gasteiger partial charge in [0.05, 0.1) is 12.3 Å². The lowest BCUT2D eigenvalue weighted by Gasteiger charge is -2.36. The molecule has 1 aliphatic rings. The van der Waals surface area contributed by atoms with Crippen LogP contribution in [0.4, 0.5) is 0 Å². The van der Waals surface area contributed by atoms with Gasteiger partial charge in [0, 0.05) is 17.9 Å². The van der Waals surface area contributed by atoms with Crippen LogP contribution in [-0.2, 0) is 0 Å². The first-order chi connectivity index (χ1) is 12.0. The Labute approximate surface area is 145 Å². The van der Waals surface area contributed by atoms with Crippen molar-refractivity contribution in [3.05, 3.63) is 47.4 Å². The molecular weight excluding hydrogens is 318 g/mol. The molecule has 0 N–H and O–H groups in total. The van der Waals surface area contributed by atoms with Crippen LogP contribution in [-0.4, -0.2) is 36.9 Å². The zero-order valence-electron chi connectivity index (χ0n) is 14.6. The van der Waals surface area contributed by atoms with E-state index in [1.54, 1.807) is 10.8 Å². The molecule has 2 atom stereocenters. The van der Waals surface area contributed by atoms with Crippen LogP contribution in [0.3, 0.4) is 0 Å². The van der Waals surface area contributed by atoms with E-state index in [9.17, 15) is 4.79 Å². The van der Waals surface area contributed by atoms with E-state index in [-0.39, 0.29) is 17.8 Å². The number of hydrogen-bond donors (Lipinski definition) is 0. The van der Waals surface area contributed by atoms with Gasteiger partial charge in [-0.15, -0.1) is 5.10 Å². The number of carbonyl (C=O) groups excluding carboxylic acids is 1. The molecular formula is C18H21N5O2. The SMILES string of the molecule is Cc1cc(C)n2nc(C(=O)N3CC[C@H](C)C[C@@H]3c3ccco3)nc2n1. The highest BCUT2D eigenvalue weighted by molar-refractivity contribution is 5.91. The third-order valence-corrected chi connectivity index (χ3v) is 4.81. The van der Waals surface area contributed by atoms with Gasteiger partial charge >= 0.3 is 0 Å². The summed E-state index contributed by atoms with van der Waals surface area (Å²) in [6.45, 7) is 6.71. The molecule has 1 saturated heterocycles. The van der Waals surface area contributed by atoms with Crippen molar-refractivity contribution in [3.63, 3.8) is 0 Å². The van der Waals surface area contributed by atoms with Crippen LogP contribution < -0.4 is 0 Å². The number of aromatic nitrogens is 4. The van der Waals surface area contributed by atoms with Crippen LogP contribution in [0.25, 0.3) is 5.78 Å². The van der Waals surface area contributed by atoms with Crippen molar-refractivity contribution in [1.29, 1.82) is 0 Å². The Morgan fingerprint density at radius 2 is 2.16 bits per heavy atom. The lowest BCUT2D eigenvalue weighted by Crippen LogP contribution is -2.41. The molecule has 0 saturated carbocycles. The summed E-state index contributed by atoms with van der Waals surface area (Å²) < 4.78 is 7.20. The van der Waals surface area contributed by atoms with E-state index in [1.807, 2.05) is 36.9 Å². The molecule has 25 heavy (non-hydrogen) atoms. The third-order valence-electron chi connectivity index (χ3n) is 4.81. The highest BCUT2D eigenvalue weighted by atomic mass is 16.3. The number of nitrogens with zero attached hydrogens (tertiary/aromatic N) is 5. The van der Waals surface area contributed by atoms with Crippen LogP contribution in [0, 0.1) is 19.8 Å². The number of amides is 1. The second kappa shape index (κ2) is 5.98. The third kappa shape index (κ3) is 2.79. The van der Waals surface area contributed by atoms with Crippen LogP contribution in [0.5, 0.6) is 0 Å². The van der Waals surface area contributed by atoms with Crippen molar-refractivity contribution in [2.75, 3.05) is 6.54 Å². The Kier molecular flexibility index (Phi) is 3.78. The standard InChI is InChI=1S/C18H21N5O2/c1-11-6-7-22(14(9-11)15-5-4-8-25-15)17(24)16-20-18-19-12(2)10-13(3)23(18)21-16/h4-5,8,10-11,14H,6-7,9H2,1-3H3/t11-,14+/m0/s1. The largest absolute Gasteiger partial charge is 0.467 e. The van der Waals surface area contributed by atoms with E-state index in [0.717, 1.165) is 30.0 Å². The van der Waals surface area contributed by atoms with E-state index >= 15 is 0 Å². The Bertz CT molecular complexity index is 915. The van der Waals surface area contributed by atoms with E-state index in [0.29, 0.717) is 18.2 Å². The zero-order chi connectivity index (χ0) is 17.6. The smallest absolute Gasteiger partial charge is 0.294 e. The van der Waals surface area contributed by atoms with Gasteiger partial charge in [0.1, 0.15) is 5.76 Å². The number of fused-ring (bicyclic) bond motifs is 1. The Morgan fingerprint density at radius 1 is 1.32 bits per heavy atom. The van der Waals surface area contributed by atoms with E-state index in [4.69, 9.17) is 4.42 Å². The molecule has 0 unspecified atom stereocenters. The molecule has 4 heterocycles. The fraction of sp³-hybridized carbons (Fsp3) is 0.444. The molecule has 4 rings (SSSR count). The average Bonchev–Trinajstić information content (AvgIpc) is 3.23. The summed E-state index contributed by atoms with van der Waals surface area (Å²) in [4.78, 5) is 23.7. The molecule has 1 aliphatic heterocycles. The zero-order valence-corrected chi connectivity index (χ0v) is 14.6. The minimum Gasteiger partial charge on any atom is -0.467 e. The predicted molar refractivity (Wildman–Crippen MR) is 91.1 cm³/mol. The van der Waals surface area contributed by atoms with Crippen molar-refractivity contribution in [3.8, 4) is 0 Å². The van der Waals surface area contributed by atoms with Gasteiger partial charge < -0.3 is 9.32 Å². The summed E-state index contributed by atoms with van der Waals surface area (Å²) in [5, 5.41) is 4.38. The first kappa shape index (κ1) is 15.8. The number of piperidine rings is 1. The molecule has 0 bridgehead atoms. The number of furan rings is 1. The normalized spacial score (nSPS) is 21.0. The average molecular weight is 339 g/mol. The maximum absolute atomic E-state index is 13.1. The van der Waals surface area contributed by atoms with Crippen LogP contribution in [0.1, 0.15) is 53.6 Å². The van der Waals surface area contributed by atoms with Crippen LogP contribution >= 0.6 is 0 Å². The fourth-order valence-corrected chi connectivity index (χ4v) is 3.52.